The lowest BCUT2D eigenvalue weighted by atomic mass is 9.86. The van der Waals surface area contributed by atoms with Crippen LogP contribution in [-0.4, -0.2) is 12.6 Å². The van der Waals surface area contributed by atoms with E-state index in [1.165, 1.54) is 0 Å². The molecule has 0 amide bonds. The predicted molar refractivity (Wildman–Crippen MR) is 81.6 cm³/mol. The summed E-state index contributed by atoms with van der Waals surface area (Å²) in [7, 11) is 0. The highest BCUT2D eigenvalue weighted by molar-refractivity contribution is 6.36. The standard InChI is InChI=1S/C15H23Cl2N/c1-5-18-15(11(4)10(2)3)9-12-13(16)7-6-8-14(12)17/h6-8,10-11,15,18H,5,9H2,1-4H3. The Morgan fingerprint density at radius 1 is 1.11 bits per heavy atom. The van der Waals surface area contributed by atoms with E-state index in [4.69, 9.17) is 23.2 Å². The minimum Gasteiger partial charge on any atom is -0.314 e. The molecule has 0 aromatic heterocycles. The second-order valence-electron chi connectivity index (χ2n) is 5.17. The molecule has 0 aliphatic heterocycles. The minimum atomic E-state index is 0.410. The Hall–Kier alpha value is -0.240. The summed E-state index contributed by atoms with van der Waals surface area (Å²) >= 11 is 12.5. The van der Waals surface area contributed by atoms with E-state index in [-0.39, 0.29) is 0 Å². The van der Waals surface area contributed by atoms with Gasteiger partial charge in [-0.25, -0.2) is 0 Å². The van der Waals surface area contributed by atoms with E-state index in [0.29, 0.717) is 17.9 Å². The molecule has 0 aliphatic carbocycles. The van der Waals surface area contributed by atoms with Gasteiger partial charge in [-0.1, -0.05) is 57.0 Å². The van der Waals surface area contributed by atoms with Gasteiger partial charge in [-0.05, 0) is 42.5 Å². The van der Waals surface area contributed by atoms with E-state index >= 15 is 0 Å². The van der Waals surface area contributed by atoms with E-state index in [0.717, 1.165) is 28.6 Å². The average Bonchev–Trinajstić information content (AvgIpc) is 2.31. The second-order valence-corrected chi connectivity index (χ2v) is 5.99. The third-order valence-corrected chi connectivity index (χ3v) is 4.35. The van der Waals surface area contributed by atoms with Crippen molar-refractivity contribution in [2.24, 2.45) is 11.8 Å². The van der Waals surface area contributed by atoms with Crippen LogP contribution in [0.4, 0.5) is 0 Å². The Morgan fingerprint density at radius 2 is 1.67 bits per heavy atom. The van der Waals surface area contributed by atoms with E-state index < -0.39 is 0 Å². The van der Waals surface area contributed by atoms with Gasteiger partial charge in [0.25, 0.3) is 0 Å². The van der Waals surface area contributed by atoms with Crippen LogP contribution in [-0.2, 0) is 6.42 Å². The summed E-state index contributed by atoms with van der Waals surface area (Å²) in [6.45, 7) is 9.88. The zero-order valence-electron chi connectivity index (χ0n) is 11.6. The monoisotopic (exact) mass is 287 g/mol. The van der Waals surface area contributed by atoms with Gasteiger partial charge in [0.1, 0.15) is 0 Å². The number of hydrogen-bond donors (Lipinski definition) is 1. The molecule has 1 aromatic rings. The molecule has 0 heterocycles. The Kier molecular flexibility index (Phi) is 6.48. The van der Waals surface area contributed by atoms with Crippen molar-refractivity contribution in [3.8, 4) is 0 Å². The highest BCUT2D eigenvalue weighted by Gasteiger charge is 2.21. The Labute approximate surface area is 121 Å². The predicted octanol–water partition coefficient (Wildman–Crippen LogP) is 4.81. The van der Waals surface area contributed by atoms with Gasteiger partial charge >= 0.3 is 0 Å². The van der Waals surface area contributed by atoms with Gasteiger partial charge in [0.2, 0.25) is 0 Å². The molecule has 0 radical (unpaired) electrons. The average molecular weight is 288 g/mol. The first kappa shape index (κ1) is 15.8. The summed E-state index contributed by atoms with van der Waals surface area (Å²) in [5.74, 6) is 1.22. The van der Waals surface area contributed by atoms with Crippen LogP contribution in [0.25, 0.3) is 0 Å². The normalized spacial score (nSPS) is 14.8. The van der Waals surface area contributed by atoms with Crippen LogP contribution in [0.1, 0.15) is 33.3 Å². The van der Waals surface area contributed by atoms with Crippen LogP contribution in [0.3, 0.4) is 0 Å². The maximum atomic E-state index is 6.25. The molecule has 0 saturated heterocycles. The van der Waals surface area contributed by atoms with Crippen molar-refractivity contribution in [3.05, 3.63) is 33.8 Å². The van der Waals surface area contributed by atoms with Crippen LogP contribution in [0.2, 0.25) is 10.0 Å². The van der Waals surface area contributed by atoms with Crippen molar-refractivity contribution in [2.75, 3.05) is 6.54 Å². The molecule has 18 heavy (non-hydrogen) atoms. The third-order valence-electron chi connectivity index (χ3n) is 3.64. The van der Waals surface area contributed by atoms with Crippen molar-refractivity contribution in [1.29, 1.82) is 0 Å². The first-order valence-electron chi connectivity index (χ1n) is 6.63. The van der Waals surface area contributed by atoms with E-state index in [1.807, 2.05) is 18.2 Å². The number of halogens is 2. The van der Waals surface area contributed by atoms with Gasteiger partial charge in [-0.15, -0.1) is 0 Å². The summed E-state index contributed by atoms with van der Waals surface area (Å²) in [6, 6.07) is 6.12. The third kappa shape index (κ3) is 4.15. The molecule has 2 unspecified atom stereocenters. The molecule has 3 heteroatoms. The van der Waals surface area contributed by atoms with Crippen molar-refractivity contribution < 1.29 is 0 Å². The van der Waals surface area contributed by atoms with Crippen LogP contribution in [0.5, 0.6) is 0 Å². The van der Waals surface area contributed by atoms with E-state index in [9.17, 15) is 0 Å². The molecule has 0 aliphatic rings. The van der Waals surface area contributed by atoms with Gasteiger partial charge < -0.3 is 5.32 Å². The quantitative estimate of drug-likeness (QED) is 0.792. The van der Waals surface area contributed by atoms with Gasteiger partial charge in [0.05, 0.1) is 0 Å². The molecule has 102 valence electrons. The fourth-order valence-corrected chi connectivity index (χ4v) is 2.67. The number of rotatable bonds is 6. The summed E-state index contributed by atoms with van der Waals surface area (Å²) in [5.41, 5.74) is 1.05. The Balaban J connectivity index is 2.89. The first-order chi connectivity index (χ1) is 8.47. The van der Waals surface area contributed by atoms with Crippen molar-refractivity contribution in [3.63, 3.8) is 0 Å². The first-order valence-corrected chi connectivity index (χ1v) is 7.39. The molecule has 1 rings (SSSR count). The summed E-state index contributed by atoms with van der Waals surface area (Å²) in [4.78, 5) is 0. The number of hydrogen-bond acceptors (Lipinski definition) is 1. The molecular formula is C15H23Cl2N. The summed E-state index contributed by atoms with van der Waals surface area (Å²) in [6.07, 6.45) is 0.881. The molecule has 0 spiro atoms. The molecule has 1 N–H and O–H groups in total. The zero-order valence-corrected chi connectivity index (χ0v) is 13.1. The van der Waals surface area contributed by atoms with Gasteiger partial charge in [-0.2, -0.15) is 0 Å². The topological polar surface area (TPSA) is 12.0 Å². The van der Waals surface area contributed by atoms with Gasteiger partial charge in [-0.3, -0.25) is 0 Å². The van der Waals surface area contributed by atoms with E-state index in [1.54, 1.807) is 0 Å². The van der Waals surface area contributed by atoms with Crippen LogP contribution >= 0.6 is 23.2 Å². The summed E-state index contributed by atoms with van der Waals surface area (Å²) in [5, 5.41) is 5.08. The minimum absolute atomic E-state index is 0.410. The molecule has 0 saturated carbocycles. The Bertz CT molecular complexity index is 357. The Morgan fingerprint density at radius 3 is 2.11 bits per heavy atom. The second kappa shape index (κ2) is 7.37. The summed E-state index contributed by atoms with van der Waals surface area (Å²) < 4.78 is 0. The van der Waals surface area contributed by atoms with Crippen LogP contribution < -0.4 is 5.32 Å². The van der Waals surface area contributed by atoms with Crippen molar-refractivity contribution in [2.45, 2.75) is 40.2 Å². The lowest BCUT2D eigenvalue weighted by Gasteiger charge is -2.28. The zero-order chi connectivity index (χ0) is 13.7. The smallest absolute Gasteiger partial charge is 0.0453 e. The fraction of sp³-hybridized carbons (Fsp3) is 0.600. The fourth-order valence-electron chi connectivity index (χ4n) is 2.12. The maximum absolute atomic E-state index is 6.25. The molecular weight excluding hydrogens is 265 g/mol. The van der Waals surface area contributed by atoms with Gasteiger partial charge in [0, 0.05) is 16.1 Å². The number of nitrogens with one attached hydrogen (secondary N) is 1. The number of likely N-dealkylation sites (N-methyl/N-ethyl adjacent to an activating group) is 1. The molecule has 1 nitrogen and oxygen atoms in total. The highest BCUT2D eigenvalue weighted by Crippen LogP contribution is 2.28. The SMILES string of the molecule is CCNC(Cc1c(Cl)cccc1Cl)C(C)C(C)C. The highest BCUT2D eigenvalue weighted by atomic mass is 35.5. The lowest BCUT2D eigenvalue weighted by molar-refractivity contribution is 0.300. The lowest BCUT2D eigenvalue weighted by Crippen LogP contribution is -2.39. The number of benzene rings is 1. The maximum Gasteiger partial charge on any atom is 0.0453 e. The van der Waals surface area contributed by atoms with Crippen molar-refractivity contribution in [1.82, 2.24) is 5.32 Å². The largest absolute Gasteiger partial charge is 0.314 e. The van der Waals surface area contributed by atoms with Crippen molar-refractivity contribution >= 4 is 23.2 Å². The van der Waals surface area contributed by atoms with Crippen LogP contribution in [0, 0.1) is 11.8 Å². The van der Waals surface area contributed by atoms with E-state index in [2.05, 4.69) is 33.0 Å². The molecule has 2 atom stereocenters. The van der Waals surface area contributed by atoms with Crippen LogP contribution in [0.15, 0.2) is 18.2 Å². The molecule has 0 bridgehead atoms. The van der Waals surface area contributed by atoms with Gasteiger partial charge in [0.15, 0.2) is 0 Å². The molecule has 1 aromatic carbocycles. The molecule has 0 fully saturated rings.